The summed E-state index contributed by atoms with van der Waals surface area (Å²) in [5, 5.41) is 2.86. The highest BCUT2D eigenvalue weighted by molar-refractivity contribution is 5.92. The van der Waals surface area contributed by atoms with Crippen LogP contribution in [0.2, 0.25) is 0 Å². The summed E-state index contributed by atoms with van der Waals surface area (Å²) in [6.45, 7) is 2.06. The number of amides is 2. The summed E-state index contributed by atoms with van der Waals surface area (Å²) in [5.74, 6) is 0.0639. The first kappa shape index (κ1) is 11.2. The van der Waals surface area contributed by atoms with E-state index < -0.39 is 0 Å². The van der Waals surface area contributed by atoms with Crippen molar-refractivity contribution >= 4 is 11.8 Å². The third kappa shape index (κ3) is 1.85. The van der Waals surface area contributed by atoms with E-state index in [2.05, 4.69) is 10.3 Å². The second kappa shape index (κ2) is 4.08. The van der Waals surface area contributed by atoms with E-state index in [1.54, 1.807) is 18.3 Å². The van der Waals surface area contributed by atoms with Crippen molar-refractivity contribution in [3.8, 4) is 0 Å². The van der Waals surface area contributed by atoms with Crippen molar-refractivity contribution in [2.45, 2.75) is 12.8 Å². The van der Waals surface area contributed by atoms with Gasteiger partial charge in [-0.05, 0) is 18.6 Å². The molecule has 1 aromatic rings. The van der Waals surface area contributed by atoms with Gasteiger partial charge >= 0.3 is 0 Å². The Labute approximate surface area is 105 Å². The smallest absolute Gasteiger partial charge is 0.272 e. The Morgan fingerprint density at radius 3 is 3.00 bits per heavy atom. The molecule has 5 heteroatoms. The van der Waals surface area contributed by atoms with Gasteiger partial charge in [0.25, 0.3) is 5.91 Å². The molecule has 2 saturated heterocycles. The largest absolute Gasteiger partial charge is 0.355 e. The molecule has 94 valence electrons. The summed E-state index contributed by atoms with van der Waals surface area (Å²) in [6.07, 6.45) is 3.06. The molecule has 2 fully saturated rings. The molecule has 5 nitrogen and oxygen atoms in total. The summed E-state index contributed by atoms with van der Waals surface area (Å²) >= 11 is 0. The molecule has 1 unspecified atom stereocenters. The third-order valence-corrected chi connectivity index (χ3v) is 3.81. The molecule has 2 aliphatic rings. The van der Waals surface area contributed by atoms with Crippen molar-refractivity contribution < 1.29 is 9.59 Å². The van der Waals surface area contributed by atoms with Gasteiger partial charge in [-0.2, -0.15) is 0 Å². The predicted octanol–water partition coefficient (Wildman–Crippen LogP) is 0.434. The van der Waals surface area contributed by atoms with Gasteiger partial charge in [-0.25, -0.2) is 0 Å². The molecule has 1 N–H and O–H groups in total. The van der Waals surface area contributed by atoms with E-state index in [0.29, 0.717) is 31.7 Å². The lowest BCUT2D eigenvalue weighted by Gasteiger charge is -2.21. The maximum atomic E-state index is 12.2. The quantitative estimate of drug-likeness (QED) is 0.780. The minimum Gasteiger partial charge on any atom is -0.355 e. The van der Waals surface area contributed by atoms with Gasteiger partial charge in [-0.1, -0.05) is 6.07 Å². The first-order valence-corrected chi connectivity index (χ1v) is 6.16. The van der Waals surface area contributed by atoms with Crippen LogP contribution >= 0.6 is 0 Å². The molecule has 3 rings (SSSR count). The summed E-state index contributed by atoms with van der Waals surface area (Å²) in [7, 11) is 0. The van der Waals surface area contributed by atoms with Gasteiger partial charge < -0.3 is 10.2 Å². The highest BCUT2D eigenvalue weighted by Crippen LogP contribution is 2.36. The summed E-state index contributed by atoms with van der Waals surface area (Å²) in [5.41, 5.74) is 0.438. The van der Waals surface area contributed by atoms with Gasteiger partial charge in [0.05, 0.1) is 0 Å². The van der Waals surface area contributed by atoms with E-state index in [0.717, 1.165) is 6.42 Å². The minimum absolute atomic E-state index is 0.0353. The molecule has 2 amide bonds. The SMILES string of the molecule is O=C1CC2(CCN(C(=O)c3ccccn3)C2)CN1. The van der Waals surface area contributed by atoms with Gasteiger partial charge in [-0.15, -0.1) is 0 Å². The molecule has 1 aromatic heterocycles. The van der Waals surface area contributed by atoms with E-state index in [9.17, 15) is 9.59 Å². The lowest BCUT2D eigenvalue weighted by molar-refractivity contribution is -0.119. The molecule has 0 saturated carbocycles. The highest BCUT2D eigenvalue weighted by atomic mass is 16.2. The number of hydrogen-bond acceptors (Lipinski definition) is 3. The molecule has 3 heterocycles. The zero-order chi connectivity index (χ0) is 12.6. The number of likely N-dealkylation sites (tertiary alicyclic amines) is 1. The van der Waals surface area contributed by atoms with Crippen LogP contribution in [0.25, 0.3) is 0 Å². The Kier molecular flexibility index (Phi) is 2.54. The van der Waals surface area contributed by atoms with E-state index in [4.69, 9.17) is 0 Å². The lowest BCUT2D eigenvalue weighted by atomic mass is 9.86. The van der Waals surface area contributed by atoms with Crippen molar-refractivity contribution in [2.75, 3.05) is 19.6 Å². The van der Waals surface area contributed by atoms with Gasteiger partial charge in [0.2, 0.25) is 5.91 Å². The molecule has 2 aliphatic heterocycles. The molecule has 0 aliphatic carbocycles. The van der Waals surface area contributed by atoms with Crippen molar-refractivity contribution in [2.24, 2.45) is 5.41 Å². The molecule has 0 radical (unpaired) electrons. The van der Waals surface area contributed by atoms with Crippen LogP contribution in [0.1, 0.15) is 23.3 Å². The molecular formula is C13H15N3O2. The number of rotatable bonds is 1. The molecule has 18 heavy (non-hydrogen) atoms. The third-order valence-electron chi connectivity index (χ3n) is 3.81. The van der Waals surface area contributed by atoms with Gasteiger partial charge in [-0.3, -0.25) is 14.6 Å². The summed E-state index contributed by atoms with van der Waals surface area (Å²) in [6, 6.07) is 5.33. The molecule has 1 spiro atoms. The number of hydrogen-bond donors (Lipinski definition) is 1. The maximum absolute atomic E-state index is 12.2. The second-order valence-corrected chi connectivity index (χ2v) is 5.15. The first-order valence-electron chi connectivity index (χ1n) is 6.16. The zero-order valence-electron chi connectivity index (χ0n) is 10.1. The fourth-order valence-corrected chi connectivity index (χ4v) is 2.80. The average Bonchev–Trinajstić information content (AvgIpc) is 2.97. The average molecular weight is 245 g/mol. The van der Waals surface area contributed by atoms with Crippen LogP contribution in [0.4, 0.5) is 0 Å². The van der Waals surface area contributed by atoms with E-state index >= 15 is 0 Å². The molecule has 1 atom stereocenters. The normalized spacial score (nSPS) is 26.7. The van der Waals surface area contributed by atoms with Crippen molar-refractivity contribution in [3.05, 3.63) is 30.1 Å². The lowest BCUT2D eigenvalue weighted by Crippen LogP contribution is -2.33. The number of carbonyl (C=O) groups is 2. The number of nitrogens with zero attached hydrogens (tertiary/aromatic N) is 2. The van der Waals surface area contributed by atoms with E-state index in [1.807, 2.05) is 11.0 Å². The number of aromatic nitrogens is 1. The second-order valence-electron chi connectivity index (χ2n) is 5.15. The van der Waals surface area contributed by atoms with Crippen LogP contribution in [-0.4, -0.2) is 41.3 Å². The monoisotopic (exact) mass is 245 g/mol. The standard InChI is InChI=1S/C13H15N3O2/c17-11-7-13(8-15-11)4-6-16(9-13)12(18)10-3-1-2-5-14-10/h1-3,5H,4,6-9H2,(H,15,17). The number of nitrogens with one attached hydrogen (secondary N) is 1. The van der Waals surface area contributed by atoms with E-state index in [-0.39, 0.29) is 17.2 Å². The molecule has 0 bridgehead atoms. The Hall–Kier alpha value is -1.91. The van der Waals surface area contributed by atoms with Gasteiger partial charge in [0.15, 0.2) is 0 Å². The fraction of sp³-hybridized carbons (Fsp3) is 0.462. The zero-order valence-corrected chi connectivity index (χ0v) is 10.1. The first-order chi connectivity index (χ1) is 8.69. The molecular weight excluding hydrogens is 230 g/mol. The van der Waals surface area contributed by atoms with Crippen LogP contribution < -0.4 is 5.32 Å². The Morgan fingerprint density at radius 2 is 2.33 bits per heavy atom. The van der Waals surface area contributed by atoms with Crippen LogP contribution in [0.3, 0.4) is 0 Å². The Morgan fingerprint density at radius 1 is 1.44 bits per heavy atom. The van der Waals surface area contributed by atoms with Crippen LogP contribution in [0.15, 0.2) is 24.4 Å². The highest BCUT2D eigenvalue weighted by Gasteiger charge is 2.45. The summed E-state index contributed by atoms with van der Waals surface area (Å²) < 4.78 is 0. The topological polar surface area (TPSA) is 62.3 Å². The van der Waals surface area contributed by atoms with Crippen LogP contribution in [0, 0.1) is 5.41 Å². The maximum Gasteiger partial charge on any atom is 0.272 e. The van der Waals surface area contributed by atoms with Gasteiger partial charge in [0, 0.05) is 37.7 Å². The minimum atomic E-state index is -0.0402. The summed E-state index contributed by atoms with van der Waals surface area (Å²) in [4.78, 5) is 29.4. The van der Waals surface area contributed by atoms with Crippen LogP contribution in [0.5, 0.6) is 0 Å². The Balaban J connectivity index is 1.73. The molecule has 0 aromatic carbocycles. The van der Waals surface area contributed by atoms with Crippen LogP contribution in [-0.2, 0) is 4.79 Å². The Bertz CT molecular complexity index is 488. The van der Waals surface area contributed by atoms with Crippen molar-refractivity contribution in [3.63, 3.8) is 0 Å². The van der Waals surface area contributed by atoms with Gasteiger partial charge in [0.1, 0.15) is 5.69 Å². The predicted molar refractivity (Wildman–Crippen MR) is 64.8 cm³/mol. The number of pyridine rings is 1. The fourth-order valence-electron chi connectivity index (χ4n) is 2.80. The van der Waals surface area contributed by atoms with Crippen molar-refractivity contribution in [1.29, 1.82) is 0 Å². The number of carbonyl (C=O) groups excluding carboxylic acids is 2. The van der Waals surface area contributed by atoms with E-state index in [1.165, 1.54) is 0 Å². The van der Waals surface area contributed by atoms with Crippen molar-refractivity contribution in [1.82, 2.24) is 15.2 Å².